The Bertz CT molecular complexity index is 793. The van der Waals surface area contributed by atoms with Crippen molar-refractivity contribution in [3.8, 4) is 0 Å². The van der Waals surface area contributed by atoms with Crippen LogP contribution in [0.4, 0.5) is 0 Å². The van der Waals surface area contributed by atoms with Crippen molar-refractivity contribution in [3.05, 3.63) is 52.3 Å². The monoisotopic (exact) mass is 372 g/mol. The normalized spacial score (nSPS) is 23.3. The Kier molecular flexibility index (Phi) is 4.76. The van der Waals surface area contributed by atoms with Crippen molar-refractivity contribution >= 4 is 17.5 Å². The van der Waals surface area contributed by atoms with Crippen LogP contribution in [-0.2, 0) is 18.4 Å². The fourth-order valence-corrected chi connectivity index (χ4v) is 4.08. The quantitative estimate of drug-likeness (QED) is 0.828. The molecule has 1 saturated carbocycles. The molecule has 0 radical (unpaired) electrons. The predicted octanol–water partition coefficient (Wildman–Crippen LogP) is 2.83. The van der Waals surface area contributed by atoms with Crippen LogP contribution in [0.5, 0.6) is 0 Å². The molecular formula is C20H25ClN4O. The van der Waals surface area contributed by atoms with Crippen LogP contribution in [0.1, 0.15) is 29.2 Å². The maximum Gasteiger partial charge on any atom is 0.226 e. The van der Waals surface area contributed by atoms with Crippen LogP contribution in [-0.4, -0.2) is 51.7 Å². The van der Waals surface area contributed by atoms with Gasteiger partial charge in [0.05, 0.1) is 5.69 Å². The molecule has 4 rings (SSSR count). The number of nitrogens with zero attached hydrogens (tertiary/aromatic N) is 4. The summed E-state index contributed by atoms with van der Waals surface area (Å²) in [5.41, 5.74) is 3.60. The van der Waals surface area contributed by atoms with Crippen molar-refractivity contribution in [1.29, 1.82) is 0 Å². The highest BCUT2D eigenvalue weighted by Gasteiger charge is 2.46. The molecule has 5 nitrogen and oxygen atoms in total. The van der Waals surface area contributed by atoms with E-state index >= 15 is 0 Å². The number of aryl methyl sites for hydroxylation is 2. The van der Waals surface area contributed by atoms with E-state index in [-0.39, 0.29) is 5.92 Å². The van der Waals surface area contributed by atoms with Crippen LogP contribution in [0, 0.1) is 12.8 Å². The number of hydrogen-bond donors (Lipinski definition) is 0. The lowest BCUT2D eigenvalue weighted by Crippen LogP contribution is -2.48. The van der Waals surface area contributed by atoms with Crippen LogP contribution in [0.15, 0.2) is 30.5 Å². The second kappa shape index (κ2) is 7.05. The summed E-state index contributed by atoms with van der Waals surface area (Å²) < 4.78 is 1.87. The van der Waals surface area contributed by atoms with Gasteiger partial charge in [-0.2, -0.15) is 5.10 Å². The second-order valence-electron chi connectivity index (χ2n) is 7.52. The smallest absolute Gasteiger partial charge is 0.226 e. The molecule has 1 aromatic carbocycles. The number of amides is 1. The average Bonchev–Trinajstić information content (AvgIpc) is 3.36. The highest BCUT2D eigenvalue weighted by atomic mass is 35.5. The molecule has 138 valence electrons. The van der Waals surface area contributed by atoms with E-state index in [1.54, 1.807) is 0 Å². The molecule has 2 atom stereocenters. The molecule has 6 heteroatoms. The van der Waals surface area contributed by atoms with E-state index in [1.165, 1.54) is 11.1 Å². The van der Waals surface area contributed by atoms with Crippen molar-refractivity contribution in [2.24, 2.45) is 13.0 Å². The standard InChI is InChI=1S/C20H25ClN4O/c1-14-16(12-23(2)22-14)13-24-7-9-25(10-8-24)20(26)19-11-18(19)15-3-5-17(21)6-4-15/h3-6,12,18-19H,7-11,13H2,1-2H3. The van der Waals surface area contributed by atoms with Crippen LogP contribution in [0.2, 0.25) is 5.02 Å². The summed E-state index contributed by atoms with van der Waals surface area (Å²) in [6.45, 7) is 6.47. The minimum atomic E-state index is 0.156. The van der Waals surface area contributed by atoms with E-state index in [0.29, 0.717) is 11.8 Å². The lowest BCUT2D eigenvalue weighted by atomic mass is 10.1. The molecule has 1 aromatic heterocycles. The zero-order valence-corrected chi connectivity index (χ0v) is 16.1. The molecule has 1 aliphatic heterocycles. The van der Waals surface area contributed by atoms with Gasteiger partial charge in [-0.1, -0.05) is 23.7 Å². The molecule has 2 fully saturated rings. The Balaban J connectivity index is 1.29. The van der Waals surface area contributed by atoms with E-state index in [1.807, 2.05) is 28.8 Å². The first-order valence-electron chi connectivity index (χ1n) is 9.27. The van der Waals surface area contributed by atoms with Gasteiger partial charge in [-0.15, -0.1) is 0 Å². The molecule has 1 aliphatic carbocycles. The average molecular weight is 373 g/mol. The number of halogens is 1. The van der Waals surface area contributed by atoms with E-state index in [2.05, 4.69) is 35.3 Å². The summed E-state index contributed by atoms with van der Waals surface area (Å²) >= 11 is 5.96. The summed E-state index contributed by atoms with van der Waals surface area (Å²) in [5, 5.41) is 5.16. The van der Waals surface area contributed by atoms with Crippen molar-refractivity contribution in [1.82, 2.24) is 19.6 Å². The second-order valence-corrected chi connectivity index (χ2v) is 7.95. The molecule has 0 spiro atoms. The number of carbonyl (C=O) groups is 1. The molecule has 26 heavy (non-hydrogen) atoms. The van der Waals surface area contributed by atoms with Gasteiger partial charge in [-0.3, -0.25) is 14.4 Å². The minimum Gasteiger partial charge on any atom is -0.340 e. The Hall–Kier alpha value is -1.85. The van der Waals surface area contributed by atoms with E-state index < -0.39 is 0 Å². The summed E-state index contributed by atoms with van der Waals surface area (Å²) in [4.78, 5) is 17.3. The third-order valence-corrected chi connectivity index (χ3v) is 5.85. The van der Waals surface area contributed by atoms with Gasteiger partial charge in [0.15, 0.2) is 0 Å². The molecule has 0 bridgehead atoms. The highest BCUT2D eigenvalue weighted by Crippen LogP contribution is 2.48. The number of benzene rings is 1. The molecule has 2 unspecified atom stereocenters. The largest absolute Gasteiger partial charge is 0.340 e. The lowest BCUT2D eigenvalue weighted by molar-refractivity contribution is -0.134. The summed E-state index contributed by atoms with van der Waals surface area (Å²) in [5.74, 6) is 0.848. The number of carbonyl (C=O) groups excluding carboxylic acids is 1. The van der Waals surface area contributed by atoms with Gasteiger partial charge in [0.1, 0.15) is 0 Å². The summed E-state index contributed by atoms with van der Waals surface area (Å²) in [7, 11) is 1.96. The predicted molar refractivity (Wildman–Crippen MR) is 102 cm³/mol. The first-order valence-corrected chi connectivity index (χ1v) is 9.65. The maximum absolute atomic E-state index is 12.8. The van der Waals surface area contributed by atoms with Gasteiger partial charge in [-0.05, 0) is 37.0 Å². The highest BCUT2D eigenvalue weighted by molar-refractivity contribution is 6.30. The lowest BCUT2D eigenvalue weighted by Gasteiger charge is -2.34. The number of hydrogen-bond acceptors (Lipinski definition) is 3. The van der Waals surface area contributed by atoms with E-state index in [9.17, 15) is 4.79 Å². The maximum atomic E-state index is 12.8. The third kappa shape index (κ3) is 3.64. The van der Waals surface area contributed by atoms with Crippen molar-refractivity contribution in [3.63, 3.8) is 0 Å². The number of piperazine rings is 1. The first kappa shape index (κ1) is 17.6. The number of rotatable bonds is 4. The van der Waals surface area contributed by atoms with Gasteiger partial charge in [0.25, 0.3) is 0 Å². The Morgan fingerprint density at radius 2 is 1.88 bits per heavy atom. The van der Waals surface area contributed by atoms with Gasteiger partial charge in [0, 0.05) is 62.5 Å². The number of aromatic nitrogens is 2. The third-order valence-electron chi connectivity index (χ3n) is 5.60. The van der Waals surface area contributed by atoms with Crippen LogP contribution >= 0.6 is 11.6 Å². The topological polar surface area (TPSA) is 41.4 Å². The van der Waals surface area contributed by atoms with Gasteiger partial charge >= 0.3 is 0 Å². The van der Waals surface area contributed by atoms with Crippen LogP contribution < -0.4 is 0 Å². The summed E-state index contributed by atoms with van der Waals surface area (Å²) in [6.07, 6.45) is 3.06. The SMILES string of the molecule is Cc1nn(C)cc1CN1CCN(C(=O)C2CC2c2ccc(Cl)cc2)CC1. The van der Waals surface area contributed by atoms with Gasteiger partial charge < -0.3 is 4.90 Å². The van der Waals surface area contributed by atoms with Gasteiger partial charge in [0.2, 0.25) is 5.91 Å². The molecule has 0 N–H and O–H groups in total. The summed E-state index contributed by atoms with van der Waals surface area (Å²) in [6, 6.07) is 7.93. The Labute approximate surface area is 159 Å². The molecule has 2 aliphatic rings. The van der Waals surface area contributed by atoms with E-state index in [4.69, 9.17) is 11.6 Å². The minimum absolute atomic E-state index is 0.156. The van der Waals surface area contributed by atoms with Crippen molar-refractivity contribution in [2.75, 3.05) is 26.2 Å². The molecular weight excluding hydrogens is 348 g/mol. The van der Waals surface area contributed by atoms with Gasteiger partial charge in [-0.25, -0.2) is 0 Å². The van der Waals surface area contributed by atoms with Crippen LogP contribution in [0.3, 0.4) is 0 Å². The zero-order valence-electron chi connectivity index (χ0n) is 15.4. The zero-order chi connectivity index (χ0) is 18.3. The molecule has 1 saturated heterocycles. The van der Waals surface area contributed by atoms with Crippen LogP contribution in [0.25, 0.3) is 0 Å². The Morgan fingerprint density at radius 1 is 1.19 bits per heavy atom. The molecule has 1 amide bonds. The van der Waals surface area contributed by atoms with Crippen molar-refractivity contribution in [2.45, 2.75) is 25.8 Å². The fourth-order valence-electron chi connectivity index (χ4n) is 3.95. The molecule has 2 heterocycles. The van der Waals surface area contributed by atoms with E-state index in [0.717, 1.165) is 49.9 Å². The first-order chi connectivity index (χ1) is 12.5. The molecule has 2 aromatic rings. The fraction of sp³-hybridized carbons (Fsp3) is 0.500. The Morgan fingerprint density at radius 3 is 2.50 bits per heavy atom. The van der Waals surface area contributed by atoms with Crippen molar-refractivity contribution < 1.29 is 4.79 Å².